The molecular weight excluding hydrogens is 1710 g/mol. The first-order valence-electron chi connectivity index (χ1n) is 45.5. The summed E-state index contributed by atoms with van der Waals surface area (Å²) in [6.07, 6.45) is 12.3. The average molecular weight is 1810 g/mol. The molecule has 10 N–H and O–H groups in total. The molecule has 11 aromatic carbocycles. The molecule has 0 saturated heterocycles. The maximum atomic E-state index is 13.5. The Morgan fingerprint density at radius 1 is 0.404 bits per heavy atom. The summed E-state index contributed by atoms with van der Waals surface area (Å²) < 4.78 is 32.9. The van der Waals surface area contributed by atoms with Gasteiger partial charge in [0.15, 0.2) is 57.4 Å². The second kappa shape index (κ2) is 39.2. The summed E-state index contributed by atoms with van der Waals surface area (Å²) in [5.41, 5.74) is 28.3. The molecule has 0 atom stereocenters. The van der Waals surface area contributed by atoms with Gasteiger partial charge in [-0.15, -0.1) is 0 Å². The van der Waals surface area contributed by atoms with Crippen LogP contribution in [0.4, 0.5) is 33.3 Å². The molecule has 5 amide bonds. The molecule has 29 heteroatoms. The minimum atomic E-state index is -0.599. The topological polar surface area (TPSA) is 347 Å². The van der Waals surface area contributed by atoms with Crippen LogP contribution >= 0.6 is 0 Å². The molecule has 2 aliphatic carbocycles. The van der Waals surface area contributed by atoms with E-state index < -0.39 is 5.91 Å². The van der Waals surface area contributed by atoms with Crippen LogP contribution in [0.15, 0.2) is 286 Å². The lowest BCUT2D eigenvalue weighted by Crippen LogP contribution is -2.25. The van der Waals surface area contributed by atoms with E-state index in [1.54, 1.807) is 48.5 Å². The van der Waals surface area contributed by atoms with Gasteiger partial charge in [-0.25, -0.2) is 44.3 Å². The van der Waals surface area contributed by atoms with Crippen LogP contribution in [-0.4, -0.2) is 132 Å². The van der Waals surface area contributed by atoms with Gasteiger partial charge in [-0.2, -0.15) is 0 Å². The van der Waals surface area contributed by atoms with Crippen molar-refractivity contribution in [2.24, 2.45) is 17.6 Å². The van der Waals surface area contributed by atoms with E-state index in [2.05, 4.69) is 109 Å². The number of hydrogen-bond acceptors (Lipinski definition) is 19. The highest BCUT2D eigenvalue weighted by Gasteiger charge is 2.28. The Kier molecular flexibility index (Phi) is 25.5. The number of benzene rings is 11. The Bertz CT molecular complexity index is 7720. The summed E-state index contributed by atoms with van der Waals surface area (Å²) in [6, 6.07) is 82.0. The Balaban J connectivity index is 0.000000117. The first-order valence-corrected chi connectivity index (χ1v) is 45.5. The number of nitrogens with two attached hydrogens (primary N) is 1. The lowest BCUT2D eigenvalue weighted by molar-refractivity contribution is 0.0942. The van der Waals surface area contributed by atoms with Crippen molar-refractivity contribution >= 4 is 125 Å². The lowest BCUT2D eigenvalue weighted by Gasteiger charge is -2.13. The Morgan fingerprint density at radius 2 is 0.787 bits per heavy atom. The van der Waals surface area contributed by atoms with Crippen molar-refractivity contribution in [3.63, 3.8) is 0 Å². The van der Waals surface area contributed by atoms with Crippen LogP contribution in [-0.2, 0) is 13.0 Å². The van der Waals surface area contributed by atoms with E-state index in [1.807, 2.05) is 232 Å². The van der Waals surface area contributed by atoms with Crippen LogP contribution < -0.4 is 57.7 Å². The van der Waals surface area contributed by atoms with Crippen molar-refractivity contribution in [1.29, 1.82) is 0 Å². The van der Waals surface area contributed by atoms with Gasteiger partial charge in [0.1, 0.15) is 5.82 Å². The van der Waals surface area contributed by atoms with E-state index in [9.17, 15) is 28.4 Å². The van der Waals surface area contributed by atoms with Crippen molar-refractivity contribution in [3.8, 4) is 56.5 Å². The zero-order valence-corrected chi connectivity index (χ0v) is 75.4. The number of carbonyl (C=O) groups excluding carboxylic acids is 5. The van der Waals surface area contributed by atoms with E-state index >= 15 is 0 Å². The molecule has 136 heavy (non-hydrogen) atoms. The fourth-order valence-electron chi connectivity index (χ4n) is 16.3. The van der Waals surface area contributed by atoms with E-state index in [1.165, 1.54) is 6.07 Å². The number of carbonyl (C=O) groups is 5. The van der Waals surface area contributed by atoms with Gasteiger partial charge < -0.3 is 57.7 Å². The van der Waals surface area contributed by atoms with Crippen molar-refractivity contribution < 1.29 is 37.8 Å². The first kappa shape index (κ1) is 88.3. The van der Waals surface area contributed by atoms with Gasteiger partial charge in [0.2, 0.25) is 6.79 Å². The third-order valence-corrected chi connectivity index (χ3v) is 23.5. The molecule has 22 rings (SSSR count). The second-order valence-corrected chi connectivity index (χ2v) is 34.4. The van der Waals surface area contributed by atoms with Crippen LogP contribution in [0.2, 0.25) is 0 Å². The molecule has 2 fully saturated rings. The van der Waals surface area contributed by atoms with Gasteiger partial charge in [0.05, 0.1) is 103 Å². The highest BCUT2D eigenvalue weighted by molar-refractivity contribution is 6.09. The number of imidazole rings is 4. The quantitative estimate of drug-likeness (QED) is 0.0243. The molecule has 0 unspecified atom stereocenters. The van der Waals surface area contributed by atoms with Crippen molar-refractivity contribution in [3.05, 3.63) is 330 Å². The number of halogens is 1. The van der Waals surface area contributed by atoms with E-state index in [4.69, 9.17) is 40.1 Å². The molecule has 1 aliphatic heterocycles. The first-order chi connectivity index (χ1) is 66.4. The van der Waals surface area contributed by atoms with Crippen molar-refractivity contribution in [1.82, 2.24) is 73.4 Å². The maximum Gasteiger partial charge on any atom is 0.255 e. The molecular formula is C107H98FN21O7. The van der Waals surface area contributed by atoms with E-state index in [-0.39, 0.29) is 41.8 Å². The molecule has 9 heterocycles. The van der Waals surface area contributed by atoms with Crippen LogP contribution in [0.3, 0.4) is 0 Å². The largest absolute Gasteiger partial charge is 0.454 e. The number of ether oxygens (including phenoxy) is 2. The standard InChI is InChI=1S/C28H24FN5O.C28H26N6O2.C28H23N5O3.C23H25N5O/c29-21-5-3-4-18(16-21)14-15-30-26-27-31-17-25(34(27)24-7-2-1-6-23(24)33-26)19-8-10-20(11-9-19)28(35)32-22-12-13-22;1-17(2)15-30-26-27-31-16-24(34(27)23-10-6-5-9-22(23)32-26)18-11-13-19(14-12-18)28(36)33-21-8-4-3-7-20(21)25(29)35;34-28(31-20-10-11-20)19-8-6-18(7-9-19)23-15-30-27-26(32-21-3-1-2-4-22(21)33(23)27)29-14-17-5-12-24-25(13-17)36-16-35-24;1-4-24-23(29)17-11-9-16(10-12-17)20-14-26-22-21(25-13-15(2)3)27-18-7-5-6-8-19(18)28(20)22/h1-11,16-17,22H,12-15H2,(H,30,33)(H,32,35);3-14,16-17H,15H2,1-2H3,(H2,29,35)(H,30,32)(H,33,36);1-9,12-13,15,20H,10-11,14,16H2,(H,29,32)(H,31,34);5-12,14-15H,4,13H2,1-3H3,(H,24,29)(H,25,27). The van der Waals surface area contributed by atoms with Gasteiger partial charge in [-0.3, -0.25) is 41.6 Å². The number of primary amides is 1. The molecule has 0 spiro atoms. The summed E-state index contributed by atoms with van der Waals surface area (Å²) in [4.78, 5) is 99.4. The normalized spacial score (nSPS) is 12.6. The van der Waals surface area contributed by atoms with E-state index in [0.717, 1.165) is 179 Å². The summed E-state index contributed by atoms with van der Waals surface area (Å²) in [7, 11) is 0. The van der Waals surface area contributed by atoms with Crippen molar-refractivity contribution in [2.75, 3.05) is 59.6 Å². The van der Waals surface area contributed by atoms with Crippen molar-refractivity contribution in [2.45, 2.75) is 85.4 Å². The van der Waals surface area contributed by atoms with Gasteiger partial charge in [-0.1, -0.05) is 155 Å². The molecule has 680 valence electrons. The number of anilines is 5. The predicted octanol–water partition coefficient (Wildman–Crippen LogP) is 19.4. The Labute approximate surface area is 781 Å². The maximum absolute atomic E-state index is 13.5. The molecule has 2 saturated carbocycles. The third-order valence-electron chi connectivity index (χ3n) is 23.5. The number of nitrogens with zero attached hydrogens (tertiary/aromatic N) is 12. The highest BCUT2D eigenvalue weighted by atomic mass is 19.1. The fourth-order valence-corrected chi connectivity index (χ4v) is 16.3. The summed E-state index contributed by atoms with van der Waals surface area (Å²) >= 11 is 0. The molecule has 0 bridgehead atoms. The zero-order chi connectivity index (χ0) is 93.5. The molecule has 8 aromatic heterocycles. The minimum absolute atomic E-state index is 0.0214. The second-order valence-electron chi connectivity index (χ2n) is 34.4. The molecule has 0 radical (unpaired) electrons. The lowest BCUT2D eigenvalue weighted by atomic mass is 10.1. The number of nitrogens with one attached hydrogen (secondary N) is 8. The fraction of sp³-hybridized carbons (Fsp3) is 0.187. The number of rotatable bonds is 26. The van der Waals surface area contributed by atoms with Crippen LogP contribution in [0.5, 0.6) is 11.5 Å². The monoisotopic (exact) mass is 1810 g/mol. The van der Waals surface area contributed by atoms with Crippen LogP contribution in [0.1, 0.15) is 123 Å². The smallest absolute Gasteiger partial charge is 0.255 e. The number of para-hydroxylation sites is 9. The van der Waals surface area contributed by atoms with Crippen LogP contribution in [0, 0.1) is 17.7 Å². The molecule has 28 nitrogen and oxygen atoms in total. The number of fused-ring (bicyclic) bond motifs is 13. The SMILES string of the molecule is CC(C)CNc1nc2ccccc2n2c(-c3ccc(C(=O)Nc4ccccc4C(N)=O)cc3)cnc12.CCNC(=O)c1ccc(-c2cnc3c(NCC(C)C)nc4ccccc4n23)cc1.O=C(NC1CC1)c1ccc(-c2cnc3c(NCCc4cccc(F)c4)nc4ccccc4n23)cc1.O=C(NC1CC1)c1ccc(-c2cnc3c(NCc4ccc5c(c4)OCO5)nc4ccccc4n23)cc1. The Hall–Kier alpha value is -17.0. The van der Waals surface area contributed by atoms with E-state index in [0.29, 0.717) is 95.2 Å². The summed E-state index contributed by atoms with van der Waals surface area (Å²) in [5.74, 6) is 4.08. The predicted molar refractivity (Wildman–Crippen MR) is 531 cm³/mol. The molecule has 19 aromatic rings. The summed E-state index contributed by atoms with van der Waals surface area (Å²) in [5, 5.41) is 25.4. The zero-order valence-electron chi connectivity index (χ0n) is 75.4. The van der Waals surface area contributed by atoms with Gasteiger partial charge in [0, 0.05) is 89.3 Å². The number of aromatic nitrogens is 12. The Morgan fingerprint density at radius 3 is 1.19 bits per heavy atom. The van der Waals surface area contributed by atoms with Gasteiger partial charge in [0.25, 0.3) is 29.5 Å². The minimum Gasteiger partial charge on any atom is -0.454 e. The molecule has 3 aliphatic rings. The third kappa shape index (κ3) is 19.4. The number of hydrogen-bond donors (Lipinski definition) is 9. The average Bonchev–Trinajstić information content (AvgIpc) is 1.75. The van der Waals surface area contributed by atoms with Crippen LogP contribution in [0.25, 0.3) is 112 Å². The highest BCUT2D eigenvalue weighted by Crippen LogP contribution is 2.38. The summed E-state index contributed by atoms with van der Waals surface area (Å²) in [6.45, 7) is 14.2. The number of amides is 5. The van der Waals surface area contributed by atoms with Gasteiger partial charge in [-0.05, 0) is 195 Å². The van der Waals surface area contributed by atoms with Gasteiger partial charge >= 0.3 is 0 Å².